The number of hydrogen-bond donors (Lipinski definition) is 2. The molecule has 1 aliphatic rings. The highest BCUT2D eigenvalue weighted by Gasteiger charge is 2.41. The van der Waals surface area contributed by atoms with E-state index >= 15 is 0 Å². The molecule has 1 aromatic heterocycles. The van der Waals surface area contributed by atoms with Crippen molar-refractivity contribution in [2.45, 2.75) is 18.5 Å². The number of anilines is 1. The molecule has 4 rings (SSSR count). The van der Waals surface area contributed by atoms with Crippen molar-refractivity contribution in [2.75, 3.05) is 18.5 Å². The second-order valence-electron chi connectivity index (χ2n) is 7.25. The SMILES string of the molecule is NC(=O)Cn1ccc2ccc(N[C@]3(c4c(F)ccc(Cl)c4Cl)CCOC3)cc2c1=O. The molecule has 0 aliphatic carbocycles. The number of nitrogens with two attached hydrogens (primary N) is 1. The molecule has 1 saturated heterocycles. The van der Waals surface area contributed by atoms with Crippen LogP contribution in [0.25, 0.3) is 10.8 Å². The minimum absolute atomic E-state index is 0.124. The zero-order chi connectivity index (χ0) is 21.5. The van der Waals surface area contributed by atoms with Gasteiger partial charge < -0.3 is 20.4 Å². The smallest absolute Gasteiger partial charge is 0.258 e. The van der Waals surface area contributed by atoms with Gasteiger partial charge in [-0.05, 0) is 35.7 Å². The summed E-state index contributed by atoms with van der Waals surface area (Å²) in [6, 6.07) is 9.62. The monoisotopic (exact) mass is 449 g/mol. The molecule has 1 amide bonds. The van der Waals surface area contributed by atoms with Gasteiger partial charge in [-0.3, -0.25) is 9.59 Å². The molecule has 1 aliphatic heterocycles. The highest BCUT2D eigenvalue weighted by molar-refractivity contribution is 6.42. The molecule has 0 radical (unpaired) electrons. The molecular formula is C21H18Cl2FN3O3. The summed E-state index contributed by atoms with van der Waals surface area (Å²) in [5, 5.41) is 4.78. The molecule has 0 bridgehead atoms. The van der Waals surface area contributed by atoms with Gasteiger partial charge in [-0.1, -0.05) is 29.3 Å². The molecule has 6 nitrogen and oxygen atoms in total. The minimum Gasteiger partial charge on any atom is -0.379 e. The zero-order valence-electron chi connectivity index (χ0n) is 15.8. The van der Waals surface area contributed by atoms with Crippen molar-refractivity contribution < 1.29 is 13.9 Å². The summed E-state index contributed by atoms with van der Waals surface area (Å²) in [6.07, 6.45) is 1.98. The summed E-state index contributed by atoms with van der Waals surface area (Å²) in [6.45, 7) is 0.380. The Hall–Kier alpha value is -2.61. The number of hydrogen-bond acceptors (Lipinski definition) is 4. The van der Waals surface area contributed by atoms with Gasteiger partial charge in [0.15, 0.2) is 0 Å². The van der Waals surface area contributed by atoms with E-state index < -0.39 is 17.3 Å². The highest BCUT2D eigenvalue weighted by atomic mass is 35.5. The molecule has 1 atom stereocenters. The Morgan fingerprint density at radius 2 is 2.07 bits per heavy atom. The summed E-state index contributed by atoms with van der Waals surface area (Å²) < 4.78 is 21.6. The average Bonchev–Trinajstić information content (AvgIpc) is 3.16. The Bertz CT molecular complexity index is 1210. The van der Waals surface area contributed by atoms with E-state index in [2.05, 4.69) is 5.32 Å². The van der Waals surface area contributed by atoms with E-state index in [9.17, 15) is 14.0 Å². The third kappa shape index (κ3) is 3.64. The summed E-state index contributed by atoms with van der Waals surface area (Å²) in [5.74, 6) is -1.11. The molecule has 2 aromatic carbocycles. The number of carbonyl (C=O) groups excluding carboxylic acids is 1. The third-order valence-electron chi connectivity index (χ3n) is 5.23. The summed E-state index contributed by atoms with van der Waals surface area (Å²) in [7, 11) is 0. The summed E-state index contributed by atoms with van der Waals surface area (Å²) >= 11 is 12.5. The van der Waals surface area contributed by atoms with E-state index in [1.165, 1.54) is 22.9 Å². The maximum Gasteiger partial charge on any atom is 0.258 e. The molecule has 0 unspecified atom stereocenters. The number of primary amides is 1. The number of fused-ring (bicyclic) bond motifs is 1. The maximum absolute atomic E-state index is 14.8. The molecular weight excluding hydrogens is 432 g/mol. The van der Waals surface area contributed by atoms with Gasteiger partial charge in [-0.15, -0.1) is 0 Å². The molecule has 3 N–H and O–H groups in total. The quantitative estimate of drug-likeness (QED) is 0.581. The van der Waals surface area contributed by atoms with Gasteiger partial charge in [-0.2, -0.15) is 0 Å². The normalized spacial score (nSPS) is 18.6. The Morgan fingerprint density at radius 3 is 2.77 bits per heavy atom. The first-order chi connectivity index (χ1) is 14.3. The minimum atomic E-state index is -0.944. The van der Waals surface area contributed by atoms with Crippen LogP contribution in [0.1, 0.15) is 12.0 Å². The second kappa shape index (κ2) is 7.91. The molecule has 1 fully saturated rings. The summed E-state index contributed by atoms with van der Waals surface area (Å²) in [5.41, 5.74) is 4.73. The number of pyridine rings is 1. The van der Waals surface area contributed by atoms with E-state index in [-0.39, 0.29) is 34.3 Å². The summed E-state index contributed by atoms with van der Waals surface area (Å²) in [4.78, 5) is 24.0. The Balaban J connectivity index is 1.80. The van der Waals surface area contributed by atoms with Crippen molar-refractivity contribution in [3.8, 4) is 0 Å². The Kier molecular flexibility index (Phi) is 5.44. The molecule has 2 heterocycles. The van der Waals surface area contributed by atoms with Crippen LogP contribution in [-0.4, -0.2) is 23.7 Å². The average molecular weight is 450 g/mol. The number of nitrogens with zero attached hydrogens (tertiary/aromatic N) is 1. The molecule has 156 valence electrons. The van der Waals surface area contributed by atoms with Crippen molar-refractivity contribution in [3.05, 3.63) is 74.4 Å². The number of ether oxygens (including phenoxy) is 1. The van der Waals surface area contributed by atoms with Gasteiger partial charge in [-0.25, -0.2) is 4.39 Å². The van der Waals surface area contributed by atoms with Crippen LogP contribution in [0.3, 0.4) is 0 Å². The van der Waals surface area contributed by atoms with Crippen LogP contribution in [0.15, 0.2) is 47.4 Å². The fourth-order valence-corrected chi connectivity index (χ4v) is 4.31. The van der Waals surface area contributed by atoms with E-state index in [1.807, 2.05) is 0 Å². The van der Waals surface area contributed by atoms with Crippen molar-refractivity contribution in [1.29, 1.82) is 0 Å². The van der Waals surface area contributed by atoms with Gasteiger partial charge in [0.25, 0.3) is 5.56 Å². The first kappa shape index (κ1) is 20.7. The predicted molar refractivity (Wildman–Crippen MR) is 115 cm³/mol. The lowest BCUT2D eigenvalue weighted by atomic mass is 9.88. The molecule has 3 aromatic rings. The molecule has 30 heavy (non-hydrogen) atoms. The van der Waals surface area contributed by atoms with E-state index in [0.717, 1.165) is 0 Å². The van der Waals surface area contributed by atoms with Crippen LogP contribution < -0.4 is 16.6 Å². The van der Waals surface area contributed by atoms with Crippen LogP contribution >= 0.6 is 23.2 Å². The number of benzene rings is 2. The number of amides is 1. The van der Waals surface area contributed by atoms with Gasteiger partial charge in [0.05, 0.1) is 22.2 Å². The lowest BCUT2D eigenvalue weighted by molar-refractivity contribution is -0.118. The second-order valence-corrected chi connectivity index (χ2v) is 8.03. The Labute approximate surface area is 181 Å². The lowest BCUT2D eigenvalue weighted by Gasteiger charge is -2.32. The topological polar surface area (TPSA) is 86.3 Å². The van der Waals surface area contributed by atoms with Crippen LogP contribution in [0.2, 0.25) is 10.0 Å². The van der Waals surface area contributed by atoms with Crippen LogP contribution in [0.5, 0.6) is 0 Å². The van der Waals surface area contributed by atoms with Crippen LogP contribution in [-0.2, 0) is 21.6 Å². The number of rotatable bonds is 5. The van der Waals surface area contributed by atoms with Gasteiger partial charge in [0, 0.05) is 35.9 Å². The first-order valence-electron chi connectivity index (χ1n) is 9.22. The van der Waals surface area contributed by atoms with Gasteiger partial charge in [0.2, 0.25) is 5.91 Å². The standard InChI is InChI=1S/C21H18Cl2FN3O3/c22-15-3-4-16(24)18(19(15)23)21(6-8-30-11-21)26-13-2-1-12-5-7-27(10-17(25)28)20(29)14(12)9-13/h1-5,7,9,26H,6,8,10-11H2,(H2,25,28)/t21-/m1/s1. The maximum atomic E-state index is 14.8. The van der Waals surface area contributed by atoms with Crippen LogP contribution in [0, 0.1) is 5.82 Å². The fourth-order valence-electron chi connectivity index (χ4n) is 3.81. The van der Waals surface area contributed by atoms with E-state index in [1.54, 1.807) is 24.3 Å². The number of nitrogens with one attached hydrogen (secondary N) is 1. The van der Waals surface area contributed by atoms with Crippen LogP contribution in [0.4, 0.5) is 10.1 Å². The molecule has 0 spiro atoms. The lowest BCUT2D eigenvalue weighted by Crippen LogP contribution is -2.37. The van der Waals surface area contributed by atoms with E-state index in [0.29, 0.717) is 29.5 Å². The third-order valence-corrected chi connectivity index (χ3v) is 6.04. The highest BCUT2D eigenvalue weighted by Crippen LogP contribution is 2.42. The number of carbonyl (C=O) groups is 1. The number of halogens is 3. The first-order valence-corrected chi connectivity index (χ1v) is 9.98. The van der Waals surface area contributed by atoms with Crippen molar-refractivity contribution >= 4 is 45.6 Å². The largest absolute Gasteiger partial charge is 0.379 e. The number of aromatic nitrogens is 1. The molecule has 0 saturated carbocycles. The van der Waals surface area contributed by atoms with Crippen molar-refractivity contribution in [1.82, 2.24) is 4.57 Å². The van der Waals surface area contributed by atoms with E-state index in [4.69, 9.17) is 33.7 Å². The fraction of sp³-hybridized carbons (Fsp3) is 0.238. The molecule has 9 heteroatoms. The van der Waals surface area contributed by atoms with Gasteiger partial charge in [0.1, 0.15) is 12.4 Å². The van der Waals surface area contributed by atoms with Crippen molar-refractivity contribution in [2.24, 2.45) is 5.73 Å². The van der Waals surface area contributed by atoms with Crippen molar-refractivity contribution in [3.63, 3.8) is 0 Å². The zero-order valence-corrected chi connectivity index (χ0v) is 17.3. The predicted octanol–water partition coefficient (Wildman–Crippen LogP) is 3.66. The Morgan fingerprint density at radius 1 is 1.27 bits per heavy atom. The van der Waals surface area contributed by atoms with Gasteiger partial charge >= 0.3 is 0 Å².